The fourth-order valence-electron chi connectivity index (χ4n) is 0.766. The Labute approximate surface area is 77.7 Å². The first-order valence-corrected chi connectivity index (χ1v) is 3.98. The summed E-state index contributed by atoms with van der Waals surface area (Å²) in [7, 11) is 0. The lowest BCUT2D eigenvalue weighted by Gasteiger charge is -1.98. The number of carbonyl (C=O) groups is 1. The van der Waals surface area contributed by atoms with Gasteiger partial charge in [-0.25, -0.2) is 4.39 Å². The van der Waals surface area contributed by atoms with Gasteiger partial charge >= 0.3 is 0 Å². The number of primary amides is 1. The molecule has 1 aromatic rings. The molecule has 0 unspecified atom stereocenters. The molecule has 0 atom stereocenters. The maximum atomic E-state index is 12.8. The van der Waals surface area contributed by atoms with Gasteiger partial charge in [0.25, 0.3) is 0 Å². The maximum absolute atomic E-state index is 12.8. The third kappa shape index (κ3) is 2.30. The Morgan fingerprint density at radius 1 is 1.58 bits per heavy atom. The quantitative estimate of drug-likeness (QED) is 0.825. The van der Waals surface area contributed by atoms with Crippen molar-refractivity contribution >= 4 is 21.8 Å². The zero-order valence-electron chi connectivity index (χ0n) is 6.05. The Kier molecular flexibility index (Phi) is 2.81. The van der Waals surface area contributed by atoms with Gasteiger partial charge in [0.05, 0.1) is 10.9 Å². The predicted octanol–water partition coefficient (Wildman–Crippen LogP) is 1.63. The van der Waals surface area contributed by atoms with E-state index in [2.05, 4.69) is 15.9 Å². The molecule has 1 radical (unpaired) electrons. The molecule has 0 heterocycles. The van der Waals surface area contributed by atoms with Crippen molar-refractivity contribution in [1.29, 1.82) is 0 Å². The van der Waals surface area contributed by atoms with Crippen molar-refractivity contribution in [2.75, 3.05) is 0 Å². The lowest BCUT2D eigenvalue weighted by molar-refractivity contribution is -0.114. The molecule has 0 saturated carbocycles. The predicted molar refractivity (Wildman–Crippen MR) is 46.7 cm³/mol. The van der Waals surface area contributed by atoms with E-state index in [0.29, 0.717) is 10.0 Å². The fraction of sp³-hybridized carbons (Fsp3) is 0. The minimum absolute atomic E-state index is 0.365. The average molecular weight is 231 g/mol. The summed E-state index contributed by atoms with van der Waals surface area (Å²) in [6.45, 7) is 0. The molecule has 0 spiro atoms. The molecule has 1 aromatic carbocycles. The number of hydrogen-bond acceptors (Lipinski definition) is 1. The summed E-state index contributed by atoms with van der Waals surface area (Å²) in [6, 6.07) is 4.34. The van der Waals surface area contributed by atoms with Crippen LogP contribution >= 0.6 is 15.9 Å². The summed E-state index contributed by atoms with van der Waals surface area (Å²) < 4.78 is 13.2. The van der Waals surface area contributed by atoms with Crippen LogP contribution in [0.4, 0.5) is 4.39 Å². The normalized spacial score (nSPS) is 9.83. The van der Waals surface area contributed by atoms with Crippen LogP contribution in [0.2, 0.25) is 0 Å². The maximum Gasteiger partial charge on any atom is 0.226 e. The van der Waals surface area contributed by atoms with E-state index in [0.717, 1.165) is 6.42 Å². The van der Waals surface area contributed by atoms with Crippen molar-refractivity contribution in [1.82, 2.24) is 0 Å². The van der Waals surface area contributed by atoms with E-state index in [4.69, 9.17) is 5.73 Å². The van der Waals surface area contributed by atoms with Gasteiger partial charge in [-0.3, -0.25) is 4.79 Å². The largest absolute Gasteiger partial charge is 0.369 e. The molecule has 0 saturated heterocycles. The van der Waals surface area contributed by atoms with Gasteiger partial charge in [0.2, 0.25) is 5.91 Å². The molecule has 4 heteroatoms. The molecule has 1 amide bonds. The average Bonchev–Trinajstić information content (AvgIpc) is 1.96. The molecule has 2 nitrogen and oxygen atoms in total. The lowest BCUT2D eigenvalue weighted by atomic mass is 10.1. The van der Waals surface area contributed by atoms with Gasteiger partial charge in [-0.15, -0.1) is 0 Å². The van der Waals surface area contributed by atoms with Gasteiger partial charge in [-0.2, -0.15) is 0 Å². The van der Waals surface area contributed by atoms with Crippen molar-refractivity contribution < 1.29 is 9.18 Å². The number of nitrogens with two attached hydrogens (primary N) is 1. The smallest absolute Gasteiger partial charge is 0.226 e. The Balaban J connectivity index is 2.89. The minimum Gasteiger partial charge on any atom is -0.369 e. The number of hydrogen-bond donors (Lipinski definition) is 1. The van der Waals surface area contributed by atoms with Gasteiger partial charge in [0.15, 0.2) is 0 Å². The van der Waals surface area contributed by atoms with E-state index in [1.807, 2.05) is 0 Å². The zero-order valence-corrected chi connectivity index (χ0v) is 7.64. The number of benzene rings is 1. The third-order valence-corrected chi connectivity index (χ3v) is 1.90. The zero-order chi connectivity index (χ0) is 9.14. The first kappa shape index (κ1) is 9.19. The Bertz CT molecular complexity index is 314. The highest BCUT2D eigenvalue weighted by Crippen LogP contribution is 2.16. The van der Waals surface area contributed by atoms with Crippen LogP contribution in [0.3, 0.4) is 0 Å². The van der Waals surface area contributed by atoms with Gasteiger partial charge in [0.1, 0.15) is 5.82 Å². The summed E-state index contributed by atoms with van der Waals surface area (Å²) in [5.74, 6) is -0.998. The second-order valence-electron chi connectivity index (χ2n) is 2.22. The van der Waals surface area contributed by atoms with E-state index in [9.17, 15) is 9.18 Å². The Morgan fingerprint density at radius 2 is 2.25 bits per heavy atom. The molecule has 63 valence electrons. The first-order valence-electron chi connectivity index (χ1n) is 3.19. The summed E-state index contributed by atoms with van der Waals surface area (Å²) in [6.07, 6.45) is 1.16. The van der Waals surface area contributed by atoms with Gasteiger partial charge < -0.3 is 5.73 Å². The Morgan fingerprint density at radius 3 is 2.75 bits per heavy atom. The second kappa shape index (κ2) is 3.67. The summed E-state index contributed by atoms with van der Waals surface area (Å²) >= 11 is 2.99. The molecular weight excluding hydrogens is 225 g/mol. The first-order chi connectivity index (χ1) is 5.59. The van der Waals surface area contributed by atoms with Crippen LogP contribution in [0.5, 0.6) is 0 Å². The molecule has 0 bridgehead atoms. The number of amides is 1. The van der Waals surface area contributed by atoms with Crippen LogP contribution in [0.25, 0.3) is 0 Å². The molecule has 0 fully saturated rings. The topological polar surface area (TPSA) is 43.1 Å². The van der Waals surface area contributed by atoms with E-state index in [1.165, 1.54) is 12.1 Å². The highest BCUT2D eigenvalue weighted by Gasteiger charge is 2.02. The van der Waals surface area contributed by atoms with Crippen molar-refractivity contribution in [3.63, 3.8) is 0 Å². The number of rotatable bonds is 2. The Hall–Kier alpha value is -0.900. The molecular formula is C8H6BrFNO. The third-order valence-electron chi connectivity index (χ3n) is 1.25. The van der Waals surface area contributed by atoms with Gasteiger partial charge in [-0.05, 0) is 33.6 Å². The lowest BCUT2D eigenvalue weighted by Crippen LogP contribution is -2.11. The molecule has 0 aliphatic heterocycles. The summed E-state index contributed by atoms with van der Waals surface area (Å²) in [5.41, 5.74) is 5.35. The minimum atomic E-state index is -0.586. The van der Waals surface area contributed by atoms with Crippen LogP contribution < -0.4 is 5.73 Å². The molecule has 0 aliphatic rings. The van der Waals surface area contributed by atoms with Crippen molar-refractivity contribution in [2.24, 2.45) is 5.73 Å². The molecule has 0 aromatic heterocycles. The van der Waals surface area contributed by atoms with Crippen LogP contribution in [-0.4, -0.2) is 5.91 Å². The molecule has 0 aliphatic carbocycles. The van der Waals surface area contributed by atoms with Crippen molar-refractivity contribution in [3.05, 3.63) is 40.5 Å². The highest BCUT2D eigenvalue weighted by atomic mass is 79.9. The monoisotopic (exact) mass is 230 g/mol. The molecule has 1 rings (SSSR count). The van der Waals surface area contributed by atoms with Crippen LogP contribution in [0, 0.1) is 12.2 Å². The second-order valence-corrected chi connectivity index (χ2v) is 3.07. The van der Waals surface area contributed by atoms with Crippen LogP contribution in [-0.2, 0) is 4.79 Å². The summed E-state index contributed by atoms with van der Waals surface area (Å²) in [5, 5.41) is 0. The standard InChI is InChI=1S/C8H6BrFNO/c9-6-2-1-5(3-7(6)10)4-8(11)12/h1-4H,(H2,11,12). The summed E-state index contributed by atoms with van der Waals surface area (Å²) in [4.78, 5) is 10.4. The van der Waals surface area contributed by atoms with Gasteiger partial charge in [0, 0.05) is 0 Å². The van der Waals surface area contributed by atoms with E-state index >= 15 is 0 Å². The van der Waals surface area contributed by atoms with Crippen molar-refractivity contribution in [2.45, 2.75) is 0 Å². The number of carbonyl (C=O) groups excluding carboxylic acids is 1. The highest BCUT2D eigenvalue weighted by molar-refractivity contribution is 9.10. The SMILES string of the molecule is NC(=O)[CH]c1ccc(Br)c(F)c1. The fourth-order valence-corrected chi connectivity index (χ4v) is 1.01. The van der Waals surface area contributed by atoms with E-state index in [-0.39, 0.29) is 0 Å². The van der Waals surface area contributed by atoms with Crippen LogP contribution in [0.1, 0.15) is 5.56 Å². The molecule has 12 heavy (non-hydrogen) atoms. The van der Waals surface area contributed by atoms with E-state index in [1.54, 1.807) is 6.07 Å². The van der Waals surface area contributed by atoms with Crippen LogP contribution in [0.15, 0.2) is 22.7 Å². The van der Waals surface area contributed by atoms with Gasteiger partial charge in [-0.1, -0.05) is 6.07 Å². The van der Waals surface area contributed by atoms with Crippen molar-refractivity contribution in [3.8, 4) is 0 Å². The molecule has 2 N–H and O–H groups in total. The number of halogens is 2. The van der Waals surface area contributed by atoms with E-state index < -0.39 is 11.7 Å².